The number of nitrogens with one attached hydrogen (secondary N) is 1. The first kappa shape index (κ1) is 9.40. The fraction of sp³-hybridized carbons (Fsp3) is 0.750. The molecule has 0 spiro atoms. The maximum Gasteiger partial charge on any atom is 0.0948 e. The number of hydrogen-bond acceptors (Lipinski definition) is 2. The molecule has 1 fully saturated rings. The zero-order valence-corrected chi connectivity index (χ0v) is 9.15. The van der Waals surface area contributed by atoms with Crippen LogP contribution in [0.2, 0.25) is 0 Å². The number of fused-ring (bicyclic) bond motifs is 1. The van der Waals surface area contributed by atoms with E-state index in [9.17, 15) is 0 Å². The van der Waals surface area contributed by atoms with Gasteiger partial charge in [-0.15, -0.1) is 0 Å². The number of rotatable bonds is 1. The Kier molecular flexibility index (Phi) is 2.49. The first-order valence-electron chi connectivity index (χ1n) is 6.16. The number of piperidine rings is 1. The zero-order chi connectivity index (χ0) is 10.1. The summed E-state index contributed by atoms with van der Waals surface area (Å²) in [5.41, 5.74) is 1.49. The van der Waals surface area contributed by atoms with Crippen molar-refractivity contribution in [3.8, 4) is 0 Å². The molecule has 1 N–H and O–H groups in total. The van der Waals surface area contributed by atoms with E-state index in [1.54, 1.807) is 0 Å². The first-order chi connectivity index (χ1) is 7.45. The van der Waals surface area contributed by atoms with Gasteiger partial charge in [0.25, 0.3) is 0 Å². The van der Waals surface area contributed by atoms with Gasteiger partial charge >= 0.3 is 0 Å². The summed E-state index contributed by atoms with van der Waals surface area (Å²) in [6.07, 6.45) is 9.48. The number of aromatic nitrogens is 2. The maximum atomic E-state index is 4.30. The van der Waals surface area contributed by atoms with Crippen molar-refractivity contribution in [3.05, 3.63) is 18.2 Å². The highest BCUT2D eigenvalue weighted by Crippen LogP contribution is 2.37. The Morgan fingerprint density at radius 3 is 3.00 bits per heavy atom. The second kappa shape index (κ2) is 3.97. The summed E-state index contributed by atoms with van der Waals surface area (Å²) in [4.78, 5) is 4.30. The Labute approximate surface area is 90.9 Å². The van der Waals surface area contributed by atoms with E-state index in [2.05, 4.69) is 21.1 Å². The van der Waals surface area contributed by atoms with Gasteiger partial charge in [0.15, 0.2) is 0 Å². The van der Waals surface area contributed by atoms with E-state index in [4.69, 9.17) is 0 Å². The minimum Gasteiger partial charge on any atom is -0.334 e. The lowest BCUT2D eigenvalue weighted by molar-refractivity contribution is 0.275. The number of imidazole rings is 1. The SMILES string of the molecule is c1ncn2c1C(C1CCNCC1)CCC2. The van der Waals surface area contributed by atoms with Crippen molar-refractivity contribution in [1.29, 1.82) is 0 Å². The lowest BCUT2D eigenvalue weighted by atomic mass is 9.79. The van der Waals surface area contributed by atoms with Crippen LogP contribution in [-0.4, -0.2) is 22.6 Å². The van der Waals surface area contributed by atoms with Gasteiger partial charge in [0.2, 0.25) is 0 Å². The predicted octanol–water partition coefficient (Wildman–Crippen LogP) is 1.76. The van der Waals surface area contributed by atoms with Gasteiger partial charge in [-0.05, 0) is 44.7 Å². The van der Waals surface area contributed by atoms with E-state index in [-0.39, 0.29) is 0 Å². The molecule has 0 aromatic carbocycles. The molecule has 0 bridgehead atoms. The Hall–Kier alpha value is -0.830. The zero-order valence-electron chi connectivity index (χ0n) is 9.15. The summed E-state index contributed by atoms with van der Waals surface area (Å²) in [5, 5.41) is 3.45. The topological polar surface area (TPSA) is 29.9 Å². The highest BCUT2D eigenvalue weighted by molar-refractivity contribution is 5.10. The molecule has 3 heteroatoms. The van der Waals surface area contributed by atoms with E-state index in [1.165, 1.54) is 51.0 Å². The van der Waals surface area contributed by atoms with Crippen LogP contribution in [0.1, 0.15) is 37.3 Å². The van der Waals surface area contributed by atoms with Crippen LogP contribution in [0.4, 0.5) is 0 Å². The summed E-state index contributed by atoms with van der Waals surface area (Å²) >= 11 is 0. The molecular formula is C12H19N3. The summed E-state index contributed by atoms with van der Waals surface area (Å²) in [5.74, 6) is 1.67. The molecule has 3 nitrogen and oxygen atoms in total. The van der Waals surface area contributed by atoms with Gasteiger partial charge in [-0.3, -0.25) is 0 Å². The Morgan fingerprint density at radius 1 is 1.27 bits per heavy atom. The molecule has 2 aliphatic rings. The average molecular weight is 205 g/mol. The molecule has 3 rings (SSSR count). The van der Waals surface area contributed by atoms with Crippen LogP contribution in [0.15, 0.2) is 12.5 Å². The molecule has 1 atom stereocenters. The van der Waals surface area contributed by atoms with Gasteiger partial charge < -0.3 is 9.88 Å². The largest absolute Gasteiger partial charge is 0.334 e. The fourth-order valence-corrected chi connectivity index (χ4v) is 3.18. The first-order valence-corrected chi connectivity index (χ1v) is 6.16. The Bertz CT molecular complexity index is 325. The van der Waals surface area contributed by atoms with Crippen molar-refractivity contribution in [1.82, 2.24) is 14.9 Å². The molecule has 1 unspecified atom stereocenters. The van der Waals surface area contributed by atoms with Crippen LogP contribution in [0.3, 0.4) is 0 Å². The van der Waals surface area contributed by atoms with Gasteiger partial charge in [-0.1, -0.05) is 0 Å². The van der Waals surface area contributed by atoms with E-state index in [0.717, 1.165) is 11.8 Å². The quantitative estimate of drug-likeness (QED) is 0.757. The fourth-order valence-electron chi connectivity index (χ4n) is 3.18. The summed E-state index contributed by atoms with van der Waals surface area (Å²) in [6.45, 7) is 3.58. The molecule has 1 saturated heterocycles. The highest BCUT2D eigenvalue weighted by atomic mass is 15.1. The highest BCUT2D eigenvalue weighted by Gasteiger charge is 2.29. The molecule has 1 aromatic heterocycles. The van der Waals surface area contributed by atoms with Crippen molar-refractivity contribution in [2.24, 2.45) is 5.92 Å². The van der Waals surface area contributed by atoms with E-state index in [0.29, 0.717) is 0 Å². The number of nitrogens with zero attached hydrogens (tertiary/aromatic N) is 2. The predicted molar refractivity (Wildman–Crippen MR) is 59.8 cm³/mol. The summed E-state index contributed by atoms with van der Waals surface area (Å²) < 4.78 is 2.36. The normalized spacial score (nSPS) is 27.6. The minimum atomic E-state index is 0.781. The number of hydrogen-bond donors (Lipinski definition) is 1. The molecule has 15 heavy (non-hydrogen) atoms. The minimum absolute atomic E-state index is 0.781. The van der Waals surface area contributed by atoms with Crippen LogP contribution < -0.4 is 5.32 Å². The molecule has 0 aliphatic carbocycles. The van der Waals surface area contributed by atoms with Crippen molar-refractivity contribution in [3.63, 3.8) is 0 Å². The molecule has 0 saturated carbocycles. The second-order valence-corrected chi connectivity index (χ2v) is 4.85. The number of aryl methyl sites for hydroxylation is 1. The van der Waals surface area contributed by atoms with Crippen LogP contribution in [0.25, 0.3) is 0 Å². The van der Waals surface area contributed by atoms with E-state index >= 15 is 0 Å². The standard InChI is InChI=1S/C12H19N3/c1-2-11(10-3-5-13-6-4-10)12-8-14-9-15(12)7-1/h8-11,13H,1-7H2. The monoisotopic (exact) mass is 205 g/mol. The lowest BCUT2D eigenvalue weighted by Gasteiger charge is -2.33. The molecule has 0 radical (unpaired) electrons. The van der Waals surface area contributed by atoms with Gasteiger partial charge in [0.05, 0.1) is 6.33 Å². The molecule has 82 valence electrons. The molecular weight excluding hydrogens is 186 g/mol. The van der Waals surface area contributed by atoms with Gasteiger partial charge in [-0.25, -0.2) is 4.98 Å². The summed E-state index contributed by atoms with van der Waals surface area (Å²) in [7, 11) is 0. The van der Waals surface area contributed by atoms with Gasteiger partial charge in [0.1, 0.15) is 0 Å². The Balaban J connectivity index is 1.82. The lowest BCUT2D eigenvalue weighted by Crippen LogP contribution is -2.32. The Morgan fingerprint density at radius 2 is 2.13 bits per heavy atom. The molecule has 2 aliphatic heterocycles. The van der Waals surface area contributed by atoms with Gasteiger partial charge in [-0.2, -0.15) is 0 Å². The second-order valence-electron chi connectivity index (χ2n) is 4.85. The summed E-state index contributed by atoms with van der Waals surface area (Å²) in [6, 6.07) is 0. The van der Waals surface area contributed by atoms with Crippen molar-refractivity contribution < 1.29 is 0 Å². The van der Waals surface area contributed by atoms with E-state index in [1.807, 2.05) is 6.33 Å². The van der Waals surface area contributed by atoms with Crippen molar-refractivity contribution >= 4 is 0 Å². The third-order valence-corrected chi connectivity index (χ3v) is 3.99. The van der Waals surface area contributed by atoms with Gasteiger partial charge in [0, 0.05) is 24.4 Å². The van der Waals surface area contributed by atoms with E-state index < -0.39 is 0 Å². The third kappa shape index (κ3) is 1.69. The average Bonchev–Trinajstić information content (AvgIpc) is 2.78. The molecule has 3 heterocycles. The van der Waals surface area contributed by atoms with Crippen molar-refractivity contribution in [2.75, 3.05) is 13.1 Å². The van der Waals surface area contributed by atoms with Crippen LogP contribution in [0, 0.1) is 5.92 Å². The third-order valence-electron chi connectivity index (χ3n) is 3.99. The van der Waals surface area contributed by atoms with Crippen LogP contribution in [0.5, 0.6) is 0 Å². The van der Waals surface area contributed by atoms with Crippen LogP contribution >= 0.6 is 0 Å². The maximum absolute atomic E-state index is 4.30. The smallest absolute Gasteiger partial charge is 0.0948 e. The molecule has 1 aromatic rings. The molecule has 0 amide bonds. The van der Waals surface area contributed by atoms with Crippen molar-refractivity contribution in [2.45, 2.75) is 38.1 Å². The van der Waals surface area contributed by atoms with Crippen LogP contribution in [-0.2, 0) is 6.54 Å².